The molecule has 23 heavy (non-hydrogen) atoms. The number of carbonyl (C=O) groups excluding carboxylic acids is 2. The van der Waals surface area contributed by atoms with Crippen LogP contribution in [0.15, 0.2) is 59.6 Å². The molecule has 116 valence electrons. The molecule has 6 heteroatoms. The summed E-state index contributed by atoms with van der Waals surface area (Å²) in [6, 6.07) is 16.1. The summed E-state index contributed by atoms with van der Waals surface area (Å²) in [4.78, 5) is 29.7. The molecule has 0 aliphatic carbocycles. The van der Waals surface area contributed by atoms with Gasteiger partial charge in [0.2, 0.25) is 5.91 Å². The van der Waals surface area contributed by atoms with E-state index in [1.54, 1.807) is 12.1 Å². The van der Waals surface area contributed by atoms with E-state index in [-0.39, 0.29) is 11.7 Å². The maximum atomic E-state index is 12.1. The highest BCUT2D eigenvalue weighted by Crippen LogP contribution is 2.27. The lowest BCUT2D eigenvalue weighted by atomic mass is 10.2. The molecule has 0 spiro atoms. The highest BCUT2D eigenvalue weighted by molar-refractivity contribution is 8.15. The Bertz CT molecular complexity index is 757. The number of para-hydroxylation sites is 1. The standard InChI is InChI=1S/C17H15N3O2S/c1-12-7-9-14(10-8-12)20-15(21)11-23-17(20)19-16(22)18-13-5-3-2-4-6-13/h2-10H,11H2,1H3,(H,18,22). The summed E-state index contributed by atoms with van der Waals surface area (Å²) in [5.41, 5.74) is 2.49. The van der Waals surface area contributed by atoms with E-state index in [1.807, 2.05) is 49.4 Å². The molecule has 0 radical (unpaired) electrons. The zero-order valence-corrected chi connectivity index (χ0v) is 13.3. The summed E-state index contributed by atoms with van der Waals surface area (Å²) in [6.07, 6.45) is 0. The normalized spacial score (nSPS) is 16.0. The number of nitrogens with zero attached hydrogens (tertiary/aromatic N) is 2. The molecule has 5 nitrogen and oxygen atoms in total. The number of benzene rings is 2. The quantitative estimate of drug-likeness (QED) is 0.916. The van der Waals surface area contributed by atoms with Crippen LogP contribution in [0.1, 0.15) is 5.56 Å². The van der Waals surface area contributed by atoms with Crippen molar-refractivity contribution >= 4 is 40.2 Å². The third-order valence-electron chi connectivity index (χ3n) is 3.28. The van der Waals surface area contributed by atoms with Gasteiger partial charge in [-0.15, -0.1) is 0 Å². The van der Waals surface area contributed by atoms with E-state index in [0.29, 0.717) is 10.9 Å². The Labute approximate surface area is 138 Å². The van der Waals surface area contributed by atoms with Gasteiger partial charge in [-0.2, -0.15) is 4.99 Å². The first-order chi connectivity index (χ1) is 11.1. The van der Waals surface area contributed by atoms with Crippen molar-refractivity contribution in [2.75, 3.05) is 16.0 Å². The van der Waals surface area contributed by atoms with Crippen molar-refractivity contribution < 1.29 is 9.59 Å². The maximum absolute atomic E-state index is 12.1. The zero-order valence-electron chi connectivity index (χ0n) is 12.5. The van der Waals surface area contributed by atoms with Gasteiger partial charge in [-0.05, 0) is 31.2 Å². The van der Waals surface area contributed by atoms with Crippen LogP contribution < -0.4 is 10.2 Å². The van der Waals surface area contributed by atoms with Crippen LogP contribution >= 0.6 is 11.8 Å². The van der Waals surface area contributed by atoms with Crippen LogP contribution in [0.2, 0.25) is 0 Å². The predicted molar refractivity (Wildman–Crippen MR) is 94.0 cm³/mol. The minimum absolute atomic E-state index is 0.0786. The van der Waals surface area contributed by atoms with E-state index >= 15 is 0 Å². The molecule has 1 N–H and O–H groups in total. The fraction of sp³-hybridized carbons (Fsp3) is 0.118. The van der Waals surface area contributed by atoms with Crippen molar-refractivity contribution in [2.45, 2.75) is 6.92 Å². The maximum Gasteiger partial charge on any atom is 0.347 e. The molecule has 0 bridgehead atoms. The first-order valence-electron chi connectivity index (χ1n) is 7.10. The highest BCUT2D eigenvalue weighted by Gasteiger charge is 2.30. The zero-order chi connectivity index (χ0) is 16.2. The molecule has 0 unspecified atom stereocenters. The Kier molecular flexibility index (Phi) is 4.43. The van der Waals surface area contributed by atoms with Gasteiger partial charge in [0.25, 0.3) is 0 Å². The van der Waals surface area contributed by atoms with Crippen molar-refractivity contribution in [3.63, 3.8) is 0 Å². The lowest BCUT2D eigenvalue weighted by Gasteiger charge is -2.16. The summed E-state index contributed by atoms with van der Waals surface area (Å²) in [6.45, 7) is 1.98. The number of urea groups is 1. The monoisotopic (exact) mass is 325 g/mol. The lowest BCUT2D eigenvalue weighted by Crippen LogP contribution is -2.30. The fourth-order valence-corrected chi connectivity index (χ4v) is 3.02. The number of aryl methyl sites for hydroxylation is 1. The predicted octanol–water partition coefficient (Wildman–Crippen LogP) is 3.66. The Balaban J connectivity index is 1.81. The molecule has 2 aromatic rings. The van der Waals surface area contributed by atoms with Crippen LogP contribution in [-0.2, 0) is 4.79 Å². The Morgan fingerprint density at radius 1 is 1.13 bits per heavy atom. The van der Waals surface area contributed by atoms with Crippen LogP contribution in [0.4, 0.5) is 16.2 Å². The average molecular weight is 325 g/mol. The van der Waals surface area contributed by atoms with Crippen molar-refractivity contribution in [3.05, 3.63) is 60.2 Å². The van der Waals surface area contributed by atoms with Crippen molar-refractivity contribution in [1.29, 1.82) is 0 Å². The number of anilines is 2. The average Bonchev–Trinajstić information content (AvgIpc) is 2.90. The molecule has 0 aromatic heterocycles. The van der Waals surface area contributed by atoms with Gasteiger partial charge in [-0.25, -0.2) is 4.79 Å². The van der Waals surface area contributed by atoms with Crippen LogP contribution in [0.25, 0.3) is 0 Å². The van der Waals surface area contributed by atoms with E-state index in [0.717, 1.165) is 11.3 Å². The van der Waals surface area contributed by atoms with Crippen molar-refractivity contribution in [1.82, 2.24) is 0 Å². The molecule has 1 aliphatic rings. The fourth-order valence-electron chi connectivity index (χ4n) is 2.15. The molecular weight excluding hydrogens is 310 g/mol. The van der Waals surface area contributed by atoms with E-state index in [9.17, 15) is 9.59 Å². The molecule has 1 heterocycles. The smallest absolute Gasteiger partial charge is 0.306 e. The summed E-state index contributed by atoms with van der Waals surface area (Å²) in [5, 5.41) is 3.08. The second kappa shape index (κ2) is 6.66. The third-order valence-corrected chi connectivity index (χ3v) is 4.20. The molecule has 2 aromatic carbocycles. The number of amides is 3. The van der Waals surface area contributed by atoms with Crippen LogP contribution in [-0.4, -0.2) is 22.9 Å². The molecular formula is C17H15N3O2S. The van der Waals surface area contributed by atoms with Crippen LogP contribution in [0.5, 0.6) is 0 Å². The van der Waals surface area contributed by atoms with Gasteiger partial charge in [-0.3, -0.25) is 9.69 Å². The first-order valence-corrected chi connectivity index (χ1v) is 8.09. The molecule has 1 aliphatic heterocycles. The number of hydrogen-bond acceptors (Lipinski definition) is 3. The van der Waals surface area contributed by atoms with Gasteiger partial charge in [0.15, 0.2) is 5.17 Å². The Morgan fingerprint density at radius 3 is 2.52 bits per heavy atom. The van der Waals surface area contributed by atoms with E-state index in [4.69, 9.17) is 0 Å². The topological polar surface area (TPSA) is 61.8 Å². The Morgan fingerprint density at radius 2 is 1.83 bits per heavy atom. The number of hydrogen-bond donors (Lipinski definition) is 1. The number of rotatable bonds is 2. The minimum Gasteiger partial charge on any atom is -0.306 e. The second-order valence-corrected chi connectivity index (χ2v) is 5.99. The number of amidine groups is 1. The summed E-state index contributed by atoms with van der Waals surface area (Å²) in [5.74, 6) is 0.204. The van der Waals surface area contributed by atoms with Crippen molar-refractivity contribution in [2.24, 2.45) is 4.99 Å². The molecule has 1 saturated heterocycles. The van der Waals surface area contributed by atoms with Gasteiger partial charge < -0.3 is 5.32 Å². The Hall–Kier alpha value is -2.60. The van der Waals surface area contributed by atoms with E-state index in [2.05, 4.69) is 10.3 Å². The molecule has 3 rings (SSSR count). The number of thioether (sulfide) groups is 1. The molecule has 3 amide bonds. The largest absolute Gasteiger partial charge is 0.347 e. The summed E-state index contributed by atoms with van der Waals surface area (Å²) >= 11 is 1.26. The number of aliphatic imine (C=N–C) groups is 1. The van der Waals surface area contributed by atoms with Crippen molar-refractivity contribution in [3.8, 4) is 0 Å². The van der Waals surface area contributed by atoms with Crippen LogP contribution in [0.3, 0.4) is 0 Å². The first kappa shape index (κ1) is 15.3. The number of nitrogens with one attached hydrogen (secondary N) is 1. The summed E-state index contributed by atoms with van der Waals surface area (Å²) < 4.78 is 0. The van der Waals surface area contributed by atoms with Gasteiger partial charge in [-0.1, -0.05) is 47.7 Å². The number of carbonyl (C=O) groups is 2. The van der Waals surface area contributed by atoms with E-state index < -0.39 is 6.03 Å². The van der Waals surface area contributed by atoms with Gasteiger partial charge in [0.1, 0.15) is 0 Å². The summed E-state index contributed by atoms with van der Waals surface area (Å²) in [7, 11) is 0. The van der Waals surface area contributed by atoms with Gasteiger partial charge in [0.05, 0.1) is 11.4 Å². The molecule has 0 atom stereocenters. The lowest BCUT2D eigenvalue weighted by molar-refractivity contribution is -0.115. The van der Waals surface area contributed by atoms with E-state index in [1.165, 1.54) is 16.7 Å². The SMILES string of the molecule is Cc1ccc(N2C(=O)CSC2=NC(=O)Nc2ccccc2)cc1. The highest BCUT2D eigenvalue weighted by atomic mass is 32.2. The third kappa shape index (κ3) is 3.60. The van der Waals surface area contributed by atoms with Gasteiger partial charge >= 0.3 is 6.03 Å². The molecule has 1 fully saturated rings. The minimum atomic E-state index is -0.495. The van der Waals surface area contributed by atoms with Gasteiger partial charge in [0, 0.05) is 5.69 Å². The second-order valence-electron chi connectivity index (χ2n) is 5.04. The van der Waals surface area contributed by atoms with Crippen LogP contribution in [0, 0.1) is 6.92 Å². The molecule has 0 saturated carbocycles.